The number of carbonyl (C=O) groups is 1. The predicted molar refractivity (Wildman–Crippen MR) is 93.5 cm³/mol. The van der Waals surface area contributed by atoms with Gasteiger partial charge in [0.1, 0.15) is 5.76 Å². The molecule has 126 valence electrons. The van der Waals surface area contributed by atoms with Crippen molar-refractivity contribution in [2.45, 2.75) is 12.1 Å². The maximum Gasteiger partial charge on any atom is 0.277 e. The molecule has 0 aliphatic heterocycles. The number of amides is 1. The predicted octanol–water partition coefficient (Wildman–Crippen LogP) is 3.37. The summed E-state index contributed by atoms with van der Waals surface area (Å²) in [7, 11) is 0. The first kappa shape index (κ1) is 15.8. The molecule has 3 aromatic heterocycles. The summed E-state index contributed by atoms with van der Waals surface area (Å²) in [6, 6.07) is 9.41. The van der Waals surface area contributed by atoms with Crippen LogP contribution in [0.5, 0.6) is 0 Å². The molecule has 0 saturated carbocycles. The van der Waals surface area contributed by atoms with E-state index in [0.717, 1.165) is 22.0 Å². The van der Waals surface area contributed by atoms with Gasteiger partial charge in [0.15, 0.2) is 10.8 Å². The van der Waals surface area contributed by atoms with Gasteiger partial charge in [0.25, 0.3) is 11.1 Å². The average Bonchev–Trinajstić information content (AvgIpc) is 3.31. The third-order valence-electron chi connectivity index (χ3n) is 3.12. The van der Waals surface area contributed by atoms with Crippen LogP contribution in [0.4, 0.5) is 5.13 Å². The molecule has 0 radical (unpaired) electrons. The Bertz CT molecular complexity index is 1010. The summed E-state index contributed by atoms with van der Waals surface area (Å²) >= 11 is 2.57. The Morgan fingerprint density at radius 2 is 2.20 bits per heavy atom. The summed E-state index contributed by atoms with van der Waals surface area (Å²) in [4.78, 5) is 16.4. The van der Waals surface area contributed by atoms with Crippen molar-refractivity contribution in [2.24, 2.45) is 0 Å². The Kier molecular flexibility index (Phi) is 4.20. The molecule has 0 bridgehead atoms. The highest BCUT2D eigenvalue weighted by atomic mass is 32.2. The number of aryl methyl sites for hydroxylation is 1. The van der Waals surface area contributed by atoms with E-state index in [2.05, 4.69) is 25.7 Å². The van der Waals surface area contributed by atoms with E-state index in [1.807, 2.05) is 24.3 Å². The Labute approximate surface area is 149 Å². The molecule has 8 nitrogen and oxygen atoms in total. The van der Waals surface area contributed by atoms with Crippen molar-refractivity contribution in [2.75, 3.05) is 11.1 Å². The normalized spacial score (nSPS) is 11.1. The Hall–Kier alpha value is -2.72. The Morgan fingerprint density at radius 3 is 3.00 bits per heavy atom. The van der Waals surface area contributed by atoms with Crippen LogP contribution in [0.1, 0.15) is 5.76 Å². The van der Waals surface area contributed by atoms with Crippen molar-refractivity contribution in [1.82, 2.24) is 20.3 Å². The lowest BCUT2D eigenvalue weighted by Gasteiger charge is -1.98. The van der Waals surface area contributed by atoms with E-state index < -0.39 is 0 Å². The number of hydrogen-bond donors (Lipinski definition) is 1. The number of aromatic nitrogens is 4. The maximum absolute atomic E-state index is 12.1. The van der Waals surface area contributed by atoms with Gasteiger partial charge >= 0.3 is 0 Å². The van der Waals surface area contributed by atoms with Crippen LogP contribution in [-0.2, 0) is 4.79 Å². The number of benzene rings is 1. The van der Waals surface area contributed by atoms with Crippen LogP contribution in [0.3, 0.4) is 0 Å². The van der Waals surface area contributed by atoms with Crippen LogP contribution < -0.4 is 5.32 Å². The van der Waals surface area contributed by atoms with Gasteiger partial charge in [-0.15, -0.1) is 10.2 Å². The minimum Gasteiger partial charge on any atom is -0.409 e. The first-order chi connectivity index (χ1) is 12.2. The van der Waals surface area contributed by atoms with Crippen molar-refractivity contribution in [3.8, 4) is 11.6 Å². The fourth-order valence-electron chi connectivity index (χ4n) is 2.05. The van der Waals surface area contributed by atoms with Gasteiger partial charge in [-0.3, -0.25) is 4.79 Å². The van der Waals surface area contributed by atoms with E-state index in [-0.39, 0.29) is 22.8 Å². The van der Waals surface area contributed by atoms with Crippen LogP contribution >= 0.6 is 23.1 Å². The number of anilines is 1. The molecule has 0 spiro atoms. The van der Waals surface area contributed by atoms with Crippen LogP contribution in [0.25, 0.3) is 21.8 Å². The number of hydrogen-bond acceptors (Lipinski definition) is 9. The average molecular weight is 373 g/mol. The van der Waals surface area contributed by atoms with Gasteiger partial charge in [-0.05, 0) is 19.1 Å². The highest BCUT2D eigenvalue weighted by Gasteiger charge is 2.15. The standard InChI is InChI=1S/C15H11N5O3S2/c1-8-6-10(20-23-8)13-18-19-15(22-13)24-7-12(21)17-14-16-9-4-2-3-5-11(9)25-14/h2-6H,7H2,1H3,(H,16,17,21). The number of carbonyl (C=O) groups excluding carboxylic acids is 1. The molecular formula is C15H11N5O3S2. The number of para-hydroxylation sites is 1. The van der Waals surface area contributed by atoms with Crippen molar-refractivity contribution < 1.29 is 13.7 Å². The molecule has 0 unspecified atom stereocenters. The van der Waals surface area contributed by atoms with Gasteiger partial charge in [-0.1, -0.05) is 40.4 Å². The SMILES string of the molecule is Cc1cc(-c2nnc(SCC(=O)Nc3nc4ccccc4s3)o2)no1. The zero-order valence-electron chi connectivity index (χ0n) is 12.9. The largest absolute Gasteiger partial charge is 0.409 e. The van der Waals surface area contributed by atoms with Crippen molar-refractivity contribution >= 4 is 44.4 Å². The molecule has 0 atom stereocenters. The molecule has 4 aromatic rings. The van der Waals surface area contributed by atoms with E-state index in [4.69, 9.17) is 8.94 Å². The second-order valence-electron chi connectivity index (χ2n) is 5.02. The summed E-state index contributed by atoms with van der Waals surface area (Å²) in [5.74, 6) is 0.847. The van der Waals surface area contributed by atoms with Crippen molar-refractivity contribution in [1.29, 1.82) is 0 Å². The first-order valence-corrected chi connectivity index (χ1v) is 9.03. The third kappa shape index (κ3) is 3.54. The van der Waals surface area contributed by atoms with Crippen LogP contribution in [0, 0.1) is 6.92 Å². The molecule has 1 amide bonds. The topological polar surface area (TPSA) is 107 Å². The molecule has 0 saturated heterocycles. The van der Waals surface area contributed by atoms with E-state index in [1.54, 1.807) is 13.0 Å². The summed E-state index contributed by atoms with van der Waals surface area (Å²) in [5, 5.41) is 15.2. The Morgan fingerprint density at radius 1 is 1.32 bits per heavy atom. The van der Waals surface area contributed by atoms with E-state index in [9.17, 15) is 4.79 Å². The zero-order valence-corrected chi connectivity index (χ0v) is 14.6. The highest BCUT2D eigenvalue weighted by Crippen LogP contribution is 2.26. The number of rotatable bonds is 5. The minimum atomic E-state index is -0.193. The molecule has 0 aliphatic carbocycles. The third-order valence-corrected chi connectivity index (χ3v) is 4.89. The lowest BCUT2D eigenvalue weighted by molar-refractivity contribution is -0.113. The molecular weight excluding hydrogens is 362 g/mol. The van der Waals surface area contributed by atoms with Crippen LogP contribution in [0.15, 0.2) is 44.5 Å². The van der Waals surface area contributed by atoms with Crippen molar-refractivity contribution in [3.05, 3.63) is 36.1 Å². The fourth-order valence-corrected chi connectivity index (χ4v) is 3.49. The number of fused-ring (bicyclic) bond motifs is 1. The second kappa shape index (κ2) is 6.65. The van der Waals surface area contributed by atoms with E-state index >= 15 is 0 Å². The molecule has 1 aromatic carbocycles. The van der Waals surface area contributed by atoms with Gasteiger partial charge in [0.05, 0.1) is 16.0 Å². The zero-order chi connectivity index (χ0) is 17.2. The van der Waals surface area contributed by atoms with Crippen molar-refractivity contribution in [3.63, 3.8) is 0 Å². The molecule has 3 heterocycles. The lowest BCUT2D eigenvalue weighted by Crippen LogP contribution is -2.13. The molecule has 4 rings (SSSR count). The number of thioether (sulfide) groups is 1. The molecule has 10 heteroatoms. The molecule has 0 aliphatic rings. The lowest BCUT2D eigenvalue weighted by atomic mass is 10.3. The maximum atomic E-state index is 12.1. The summed E-state index contributed by atoms with van der Waals surface area (Å²) in [6.45, 7) is 1.77. The number of nitrogens with zero attached hydrogens (tertiary/aromatic N) is 4. The molecule has 0 fully saturated rings. The molecule has 1 N–H and O–H groups in total. The summed E-state index contributed by atoms with van der Waals surface area (Å²) in [5.41, 5.74) is 1.33. The smallest absolute Gasteiger partial charge is 0.277 e. The monoisotopic (exact) mass is 373 g/mol. The fraction of sp³-hybridized carbons (Fsp3) is 0.133. The number of thiazole rings is 1. The van der Waals surface area contributed by atoms with E-state index in [1.165, 1.54) is 11.3 Å². The van der Waals surface area contributed by atoms with Gasteiger partial charge in [0, 0.05) is 6.07 Å². The first-order valence-electron chi connectivity index (χ1n) is 7.23. The second-order valence-corrected chi connectivity index (χ2v) is 6.98. The summed E-state index contributed by atoms with van der Waals surface area (Å²) in [6.07, 6.45) is 0. The van der Waals surface area contributed by atoms with Crippen LogP contribution in [0.2, 0.25) is 0 Å². The van der Waals surface area contributed by atoms with Gasteiger partial charge < -0.3 is 14.3 Å². The minimum absolute atomic E-state index is 0.134. The van der Waals surface area contributed by atoms with Gasteiger partial charge in [0.2, 0.25) is 5.91 Å². The molecule has 25 heavy (non-hydrogen) atoms. The van der Waals surface area contributed by atoms with Gasteiger partial charge in [-0.25, -0.2) is 4.98 Å². The number of nitrogens with one attached hydrogen (secondary N) is 1. The Balaban J connectivity index is 1.36. The quantitative estimate of drug-likeness (QED) is 0.531. The summed E-state index contributed by atoms with van der Waals surface area (Å²) < 4.78 is 11.4. The van der Waals surface area contributed by atoms with Crippen LogP contribution in [-0.4, -0.2) is 32.0 Å². The highest BCUT2D eigenvalue weighted by molar-refractivity contribution is 7.99. The van der Waals surface area contributed by atoms with Gasteiger partial charge in [-0.2, -0.15) is 0 Å². The van der Waals surface area contributed by atoms with E-state index in [0.29, 0.717) is 16.6 Å².